The standard InChI is InChI=1S/C27H31N3O4S/c1-18(20-9-6-7-10-23(20)32-3)29(2)17-27(31)30-22(16-21(28-30)26-11-8-14-35-26)19-12-13-24(33-4)25(15-19)34-5/h6-15,18,22H,16-17H2,1-5H3. The summed E-state index contributed by atoms with van der Waals surface area (Å²) in [6, 6.07) is 17.5. The number of hydrogen-bond acceptors (Lipinski definition) is 7. The molecular weight excluding hydrogens is 462 g/mol. The van der Waals surface area contributed by atoms with E-state index < -0.39 is 0 Å². The molecule has 0 fully saturated rings. The molecule has 1 amide bonds. The van der Waals surface area contributed by atoms with E-state index in [1.54, 1.807) is 37.7 Å². The Kier molecular flexibility index (Phi) is 7.73. The van der Waals surface area contributed by atoms with Crippen LogP contribution < -0.4 is 14.2 Å². The van der Waals surface area contributed by atoms with Crippen molar-refractivity contribution in [3.63, 3.8) is 0 Å². The number of hydrogen-bond donors (Lipinski definition) is 0. The maximum atomic E-state index is 13.6. The summed E-state index contributed by atoms with van der Waals surface area (Å²) in [5.41, 5.74) is 2.89. The number of rotatable bonds is 9. The molecule has 184 valence electrons. The van der Waals surface area contributed by atoms with Gasteiger partial charge in [-0.05, 0) is 49.2 Å². The van der Waals surface area contributed by atoms with Crippen molar-refractivity contribution in [2.75, 3.05) is 34.9 Å². The van der Waals surface area contributed by atoms with E-state index in [9.17, 15) is 4.79 Å². The number of nitrogens with zero attached hydrogens (tertiary/aromatic N) is 3. The van der Waals surface area contributed by atoms with Crippen molar-refractivity contribution in [2.24, 2.45) is 5.10 Å². The molecule has 0 saturated carbocycles. The van der Waals surface area contributed by atoms with E-state index in [1.165, 1.54) is 0 Å². The molecule has 0 spiro atoms. The fourth-order valence-corrected chi connectivity index (χ4v) is 5.04. The molecule has 0 aliphatic carbocycles. The Hall–Kier alpha value is -3.36. The summed E-state index contributed by atoms with van der Waals surface area (Å²) in [7, 11) is 6.83. The van der Waals surface area contributed by atoms with Gasteiger partial charge in [0.25, 0.3) is 5.91 Å². The van der Waals surface area contributed by atoms with E-state index in [4.69, 9.17) is 19.3 Å². The third kappa shape index (κ3) is 5.18. The van der Waals surface area contributed by atoms with Gasteiger partial charge in [-0.15, -0.1) is 11.3 Å². The Bertz CT molecular complexity index is 1190. The van der Waals surface area contributed by atoms with Crippen molar-refractivity contribution >= 4 is 23.0 Å². The minimum atomic E-state index is -0.227. The number of hydrazone groups is 1. The molecule has 2 unspecified atom stereocenters. The van der Waals surface area contributed by atoms with Gasteiger partial charge >= 0.3 is 0 Å². The second kappa shape index (κ2) is 10.9. The molecule has 3 aromatic rings. The molecule has 0 N–H and O–H groups in total. The van der Waals surface area contributed by atoms with Crippen LogP contribution in [0.3, 0.4) is 0 Å². The number of benzene rings is 2. The molecule has 4 rings (SSSR count). The molecule has 2 aromatic carbocycles. The monoisotopic (exact) mass is 493 g/mol. The SMILES string of the molecule is COc1ccc(C2CC(c3cccs3)=NN2C(=O)CN(C)C(C)c2ccccc2OC)cc1OC. The first kappa shape index (κ1) is 24.8. The van der Waals surface area contributed by atoms with E-state index in [0.29, 0.717) is 17.9 Å². The third-order valence-corrected chi connectivity index (χ3v) is 7.32. The second-order valence-electron chi connectivity index (χ2n) is 8.43. The third-order valence-electron chi connectivity index (χ3n) is 6.40. The quantitative estimate of drug-likeness (QED) is 0.413. The van der Waals surface area contributed by atoms with Gasteiger partial charge in [0.15, 0.2) is 11.5 Å². The average Bonchev–Trinajstić information content (AvgIpc) is 3.58. The first-order valence-electron chi connectivity index (χ1n) is 11.4. The minimum Gasteiger partial charge on any atom is -0.496 e. The lowest BCUT2D eigenvalue weighted by atomic mass is 10.0. The van der Waals surface area contributed by atoms with Crippen molar-refractivity contribution in [1.29, 1.82) is 0 Å². The van der Waals surface area contributed by atoms with E-state index in [2.05, 4.69) is 6.92 Å². The Morgan fingerprint density at radius 3 is 2.49 bits per heavy atom. The van der Waals surface area contributed by atoms with Crippen LogP contribution in [-0.4, -0.2) is 56.4 Å². The van der Waals surface area contributed by atoms with Crippen LogP contribution in [0.4, 0.5) is 0 Å². The average molecular weight is 494 g/mol. The van der Waals surface area contributed by atoms with Gasteiger partial charge in [-0.25, -0.2) is 5.01 Å². The molecule has 0 bridgehead atoms. The van der Waals surface area contributed by atoms with Gasteiger partial charge in [-0.2, -0.15) is 5.10 Å². The lowest BCUT2D eigenvalue weighted by Gasteiger charge is -2.29. The predicted molar refractivity (Wildman–Crippen MR) is 139 cm³/mol. The molecule has 1 aromatic heterocycles. The van der Waals surface area contributed by atoms with Crippen molar-refractivity contribution in [3.05, 3.63) is 76.0 Å². The normalized spacial score (nSPS) is 16.2. The van der Waals surface area contributed by atoms with Crippen LogP contribution in [0.25, 0.3) is 0 Å². The Balaban J connectivity index is 1.60. The van der Waals surface area contributed by atoms with Gasteiger partial charge in [0.05, 0.1) is 44.5 Å². The van der Waals surface area contributed by atoms with Crippen molar-refractivity contribution in [2.45, 2.75) is 25.4 Å². The smallest absolute Gasteiger partial charge is 0.257 e. The van der Waals surface area contributed by atoms with Crippen molar-refractivity contribution < 1.29 is 19.0 Å². The summed E-state index contributed by atoms with van der Waals surface area (Å²) in [5.74, 6) is 2.02. The van der Waals surface area contributed by atoms with Gasteiger partial charge in [-0.3, -0.25) is 9.69 Å². The maximum Gasteiger partial charge on any atom is 0.257 e. The van der Waals surface area contributed by atoms with Crippen LogP contribution in [0.2, 0.25) is 0 Å². The lowest BCUT2D eigenvalue weighted by Crippen LogP contribution is -2.37. The number of carbonyl (C=O) groups is 1. The van der Waals surface area contributed by atoms with Gasteiger partial charge in [-0.1, -0.05) is 30.3 Å². The highest BCUT2D eigenvalue weighted by atomic mass is 32.1. The van der Waals surface area contributed by atoms with Crippen LogP contribution in [0, 0.1) is 0 Å². The van der Waals surface area contributed by atoms with Gasteiger partial charge in [0.2, 0.25) is 0 Å². The zero-order valence-corrected chi connectivity index (χ0v) is 21.5. The first-order valence-corrected chi connectivity index (χ1v) is 12.3. The fraction of sp³-hybridized carbons (Fsp3) is 0.333. The fourth-order valence-electron chi connectivity index (χ4n) is 4.32. The maximum absolute atomic E-state index is 13.6. The number of carbonyl (C=O) groups excluding carboxylic acids is 1. The van der Waals surface area contributed by atoms with E-state index >= 15 is 0 Å². The first-order chi connectivity index (χ1) is 17.0. The van der Waals surface area contributed by atoms with Crippen molar-refractivity contribution in [1.82, 2.24) is 9.91 Å². The highest BCUT2D eigenvalue weighted by molar-refractivity contribution is 7.12. The second-order valence-corrected chi connectivity index (χ2v) is 9.38. The highest BCUT2D eigenvalue weighted by Gasteiger charge is 2.35. The molecule has 2 atom stereocenters. The Labute approximate surface area is 210 Å². The summed E-state index contributed by atoms with van der Waals surface area (Å²) >= 11 is 1.63. The molecule has 0 radical (unpaired) electrons. The number of likely N-dealkylation sites (N-methyl/N-ethyl adjacent to an activating group) is 1. The minimum absolute atomic E-state index is 0.0158. The van der Waals surface area contributed by atoms with Gasteiger partial charge < -0.3 is 14.2 Å². The van der Waals surface area contributed by atoms with Crippen LogP contribution in [0.5, 0.6) is 17.2 Å². The van der Waals surface area contributed by atoms with Crippen LogP contribution >= 0.6 is 11.3 Å². The molecule has 2 heterocycles. The molecule has 1 aliphatic heterocycles. The molecule has 8 heteroatoms. The Morgan fingerprint density at radius 2 is 1.80 bits per heavy atom. The molecular formula is C27H31N3O4S. The van der Waals surface area contributed by atoms with Crippen LogP contribution in [-0.2, 0) is 4.79 Å². The summed E-state index contributed by atoms with van der Waals surface area (Å²) < 4.78 is 16.4. The van der Waals surface area contributed by atoms with Gasteiger partial charge in [0, 0.05) is 18.0 Å². The number of ether oxygens (including phenoxy) is 3. The van der Waals surface area contributed by atoms with E-state index in [1.807, 2.05) is 71.9 Å². The zero-order chi connectivity index (χ0) is 24.9. The molecule has 0 saturated heterocycles. The summed E-state index contributed by atoms with van der Waals surface area (Å²) in [4.78, 5) is 16.7. The number of amides is 1. The Morgan fingerprint density at radius 1 is 1.06 bits per heavy atom. The molecule has 7 nitrogen and oxygen atoms in total. The van der Waals surface area contributed by atoms with Crippen LogP contribution in [0.1, 0.15) is 41.4 Å². The zero-order valence-electron chi connectivity index (χ0n) is 20.7. The molecule has 1 aliphatic rings. The highest BCUT2D eigenvalue weighted by Crippen LogP contribution is 2.38. The topological polar surface area (TPSA) is 63.6 Å². The number of para-hydroxylation sites is 1. The summed E-state index contributed by atoms with van der Waals surface area (Å²) in [6.07, 6.45) is 0.632. The van der Waals surface area contributed by atoms with Gasteiger partial charge in [0.1, 0.15) is 5.75 Å². The number of thiophene rings is 1. The summed E-state index contributed by atoms with van der Waals surface area (Å²) in [6.45, 7) is 2.28. The van der Waals surface area contributed by atoms with E-state index in [-0.39, 0.29) is 24.5 Å². The number of methoxy groups -OCH3 is 3. The largest absolute Gasteiger partial charge is 0.496 e. The van der Waals surface area contributed by atoms with E-state index in [0.717, 1.165) is 27.5 Å². The molecule has 35 heavy (non-hydrogen) atoms. The van der Waals surface area contributed by atoms with Crippen LogP contribution in [0.15, 0.2) is 65.1 Å². The predicted octanol–water partition coefficient (Wildman–Crippen LogP) is 5.14. The summed E-state index contributed by atoms with van der Waals surface area (Å²) in [5, 5.41) is 8.44. The lowest BCUT2D eigenvalue weighted by molar-refractivity contribution is -0.134. The van der Waals surface area contributed by atoms with Crippen molar-refractivity contribution in [3.8, 4) is 17.2 Å².